The normalized spacial score (nSPS) is 17.4. The van der Waals surface area contributed by atoms with Gasteiger partial charge in [0.15, 0.2) is 14.1 Å². The first kappa shape index (κ1) is 22.8. The first-order valence-electron chi connectivity index (χ1n) is 9.41. The van der Waals surface area contributed by atoms with Crippen LogP contribution in [0.25, 0.3) is 6.08 Å². The van der Waals surface area contributed by atoms with Crippen molar-refractivity contribution in [2.24, 2.45) is 0 Å². The van der Waals surface area contributed by atoms with Crippen LogP contribution >= 0.6 is 0 Å². The van der Waals surface area contributed by atoms with Gasteiger partial charge in [0.2, 0.25) is 10.0 Å². The van der Waals surface area contributed by atoms with Crippen LogP contribution in [0.5, 0.6) is 0 Å². The molecule has 1 aromatic heterocycles. The highest BCUT2D eigenvalue weighted by Gasteiger charge is 2.36. The van der Waals surface area contributed by atoms with E-state index in [1.165, 1.54) is 10.6 Å². The summed E-state index contributed by atoms with van der Waals surface area (Å²) in [5.41, 5.74) is 0.362. The molecular formula is C18H32N4O4SSi. The molecule has 0 saturated carbocycles. The number of anilines is 1. The summed E-state index contributed by atoms with van der Waals surface area (Å²) in [6.45, 7) is 13.1. The maximum atomic E-state index is 12.2. The molecule has 1 aromatic rings. The Kier molecular flexibility index (Phi) is 6.90. The van der Waals surface area contributed by atoms with E-state index in [2.05, 4.69) is 43.8 Å². The number of aromatic amines is 1. The zero-order valence-electron chi connectivity index (χ0n) is 17.7. The molecule has 0 spiro atoms. The fourth-order valence-electron chi connectivity index (χ4n) is 2.58. The molecule has 2 rings (SSSR count). The van der Waals surface area contributed by atoms with Crippen LogP contribution in [-0.2, 0) is 14.4 Å². The molecule has 0 atom stereocenters. The highest BCUT2D eigenvalue weighted by atomic mass is 32.2. The first-order valence-corrected chi connectivity index (χ1v) is 14.2. The van der Waals surface area contributed by atoms with E-state index in [1.54, 1.807) is 6.20 Å². The van der Waals surface area contributed by atoms with Gasteiger partial charge in [-0.25, -0.2) is 13.4 Å². The fraction of sp³-hybridized carbons (Fsp3) is 0.667. The van der Waals surface area contributed by atoms with Gasteiger partial charge < -0.3 is 14.3 Å². The zero-order valence-corrected chi connectivity index (χ0v) is 19.5. The summed E-state index contributed by atoms with van der Waals surface area (Å²) in [5, 5.41) is 0.151. The third-order valence-electron chi connectivity index (χ3n) is 5.43. The fourth-order valence-corrected chi connectivity index (χ4v) is 4.35. The van der Waals surface area contributed by atoms with Crippen molar-refractivity contribution in [3.63, 3.8) is 0 Å². The van der Waals surface area contributed by atoms with E-state index in [0.717, 1.165) is 0 Å². The Hall–Kier alpha value is -1.49. The molecule has 0 aromatic carbocycles. The maximum absolute atomic E-state index is 12.2. The number of nitrogens with zero attached hydrogens (tertiary/aromatic N) is 3. The van der Waals surface area contributed by atoms with Crippen LogP contribution in [-0.4, -0.2) is 70.1 Å². The summed E-state index contributed by atoms with van der Waals surface area (Å²) in [5.74, 6) is 0.320. The number of nitrogens with one attached hydrogen (secondary N) is 1. The van der Waals surface area contributed by atoms with E-state index in [9.17, 15) is 13.2 Å². The summed E-state index contributed by atoms with van der Waals surface area (Å²) < 4.78 is 30.8. The Morgan fingerprint density at radius 2 is 1.86 bits per heavy atom. The Bertz CT molecular complexity index is 866. The summed E-state index contributed by atoms with van der Waals surface area (Å²) in [6.07, 6.45) is 6.51. The molecule has 0 unspecified atom stereocenters. The van der Waals surface area contributed by atoms with Crippen LogP contribution in [0.15, 0.2) is 17.1 Å². The molecule has 10 heteroatoms. The molecule has 1 fully saturated rings. The van der Waals surface area contributed by atoms with Gasteiger partial charge in [0, 0.05) is 32.4 Å². The molecule has 1 aliphatic heterocycles. The smallest absolute Gasteiger partial charge is 0.290 e. The van der Waals surface area contributed by atoms with E-state index in [0.29, 0.717) is 44.3 Å². The van der Waals surface area contributed by atoms with Crippen molar-refractivity contribution in [3.8, 4) is 0 Å². The van der Waals surface area contributed by atoms with Crippen molar-refractivity contribution in [2.45, 2.75) is 38.9 Å². The highest BCUT2D eigenvalue weighted by molar-refractivity contribution is 7.88. The molecule has 0 aliphatic carbocycles. The number of rotatable bonds is 6. The molecule has 2 heterocycles. The predicted octanol–water partition coefficient (Wildman–Crippen LogP) is 1.89. The lowest BCUT2D eigenvalue weighted by atomic mass is 10.2. The second kappa shape index (κ2) is 8.48. The zero-order chi connectivity index (χ0) is 21.2. The molecule has 0 radical (unpaired) electrons. The lowest BCUT2D eigenvalue weighted by Gasteiger charge is -2.35. The van der Waals surface area contributed by atoms with Gasteiger partial charge in [-0.15, -0.1) is 0 Å². The van der Waals surface area contributed by atoms with Crippen molar-refractivity contribution < 1.29 is 12.8 Å². The van der Waals surface area contributed by atoms with Gasteiger partial charge >= 0.3 is 0 Å². The topological polar surface area (TPSA) is 95.6 Å². The van der Waals surface area contributed by atoms with Crippen LogP contribution in [0.3, 0.4) is 0 Å². The molecule has 1 aliphatic rings. The molecule has 0 bridgehead atoms. The van der Waals surface area contributed by atoms with E-state index < -0.39 is 18.3 Å². The van der Waals surface area contributed by atoms with Gasteiger partial charge in [0.05, 0.1) is 18.6 Å². The summed E-state index contributed by atoms with van der Waals surface area (Å²) in [6, 6.07) is 0. The van der Waals surface area contributed by atoms with Crippen molar-refractivity contribution in [1.29, 1.82) is 0 Å². The van der Waals surface area contributed by atoms with Gasteiger partial charge in [-0.1, -0.05) is 26.8 Å². The minimum absolute atomic E-state index is 0.151. The second-order valence-electron chi connectivity index (χ2n) is 8.60. The number of sulfonamides is 1. The number of H-pyrrole nitrogens is 1. The minimum atomic E-state index is -3.21. The quantitative estimate of drug-likeness (QED) is 0.695. The van der Waals surface area contributed by atoms with Crippen molar-refractivity contribution >= 4 is 30.2 Å². The molecule has 1 N–H and O–H groups in total. The Labute approximate surface area is 168 Å². The van der Waals surface area contributed by atoms with Crippen LogP contribution < -0.4 is 10.5 Å². The Morgan fingerprint density at radius 3 is 2.39 bits per heavy atom. The number of aromatic nitrogens is 2. The van der Waals surface area contributed by atoms with E-state index in [-0.39, 0.29) is 10.6 Å². The van der Waals surface area contributed by atoms with Gasteiger partial charge in [0.1, 0.15) is 0 Å². The summed E-state index contributed by atoms with van der Waals surface area (Å²) >= 11 is 0. The molecule has 28 heavy (non-hydrogen) atoms. The van der Waals surface area contributed by atoms with Gasteiger partial charge in [-0.2, -0.15) is 4.31 Å². The van der Waals surface area contributed by atoms with Crippen molar-refractivity contribution in [2.75, 3.05) is 43.9 Å². The first-order chi connectivity index (χ1) is 12.8. The second-order valence-corrected chi connectivity index (χ2v) is 15.4. The summed E-state index contributed by atoms with van der Waals surface area (Å²) in [4.78, 5) is 21.2. The molecule has 158 valence electrons. The Balaban J connectivity index is 2.03. The summed E-state index contributed by atoms with van der Waals surface area (Å²) in [7, 11) is -5.01. The SMILES string of the molecule is CC(C)(C)[Si](C)(C)OC/C=C/c1c[nH]c(=O)c(N2CCN(S(C)(=O)=O)CC2)n1. The average Bonchev–Trinajstić information content (AvgIpc) is 2.58. The Morgan fingerprint density at radius 1 is 1.25 bits per heavy atom. The largest absolute Gasteiger partial charge is 0.413 e. The highest BCUT2D eigenvalue weighted by Crippen LogP contribution is 2.36. The number of hydrogen-bond acceptors (Lipinski definition) is 6. The number of piperazine rings is 1. The van der Waals surface area contributed by atoms with Gasteiger partial charge in [-0.3, -0.25) is 4.79 Å². The van der Waals surface area contributed by atoms with Crippen molar-refractivity contribution in [1.82, 2.24) is 14.3 Å². The molecule has 1 saturated heterocycles. The lowest BCUT2D eigenvalue weighted by Crippen LogP contribution is -2.49. The van der Waals surface area contributed by atoms with Gasteiger partial charge in [-0.05, 0) is 24.2 Å². The molecule has 8 nitrogen and oxygen atoms in total. The average molecular weight is 429 g/mol. The van der Waals surface area contributed by atoms with Crippen LogP contribution in [0.4, 0.5) is 5.82 Å². The molecular weight excluding hydrogens is 396 g/mol. The van der Waals surface area contributed by atoms with Crippen LogP contribution in [0.1, 0.15) is 26.5 Å². The third kappa shape index (κ3) is 5.76. The van der Waals surface area contributed by atoms with Gasteiger partial charge in [0.25, 0.3) is 5.56 Å². The third-order valence-corrected chi connectivity index (χ3v) is 11.2. The van der Waals surface area contributed by atoms with E-state index in [1.807, 2.05) is 17.1 Å². The monoisotopic (exact) mass is 428 g/mol. The lowest BCUT2D eigenvalue weighted by molar-refractivity contribution is 0.328. The predicted molar refractivity (Wildman–Crippen MR) is 116 cm³/mol. The standard InChI is InChI=1S/C18H32N4O4SSi/c1-18(2,3)28(5,6)26-13-7-8-15-14-19-17(23)16(20-15)21-9-11-22(12-10-21)27(4,24)25/h7-8,14H,9-13H2,1-6H3,(H,19,23)/b8-7+. The van der Waals surface area contributed by atoms with E-state index in [4.69, 9.17) is 4.43 Å². The van der Waals surface area contributed by atoms with E-state index >= 15 is 0 Å². The maximum Gasteiger partial charge on any atom is 0.290 e. The molecule has 0 amide bonds. The number of hydrogen-bond donors (Lipinski definition) is 1. The van der Waals surface area contributed by atoms with Crippen molar-refractivity contribution in [3.05, 3.63) is 28.3 Å². The van der Waals surface area contributed by atoms with Crippen LogP contribution in [0, 0.1) is 0 Å². The minimum Gasteiger partial charge on any atom is -0.413 e. The van der Waals surface area contributed by atoms with Crippen LogP contribution in [0.2, 0.25) is 18.1 Å².